The molecule has 1 aromatic carbocycles. The Labute approximate surface area is 118 Å². The molecule has 2 N–H and O–H groups in total. The first kappa shape index (κ1) is 13.2. The molecule has 0 fully saturated rings. The zero-order valence-corrected chi connectivity index (χ0v) is 11.3. The molecule has 96 valence electrons. The summed E-state index contributed by atoms with van der Waals surface area (Å²) in [6.45, 7) is 0. The largest absolute Gasteiger partial charge is 0.507 e. The number of hydrogen-bond acceptors (Lipinski definition) is 4. The van der Waals surface area contributed by atoms with Crippen LogP contribution in [0.1, 0.15) is 15.9 Å². The van der Waals surface area contributed by atoms with Gasteiger partial charge >= 0.3 is 0 Å². The average Bonchev–Trinajstić information content (AvgIpc) is 2.39. The Morgan fingerprint density at radius 2 is 2.26 bits per heavy atom. The van der Waals surface area contributed by atoms with Gasteiger partial charge < -0.3 is 5.11 Å². The van der Waals surface area contributed by atoms with Crippen molar-refractivity contribution in [2.45, 2.75) is 0 Å². The molecule has 6 heteroatoms. The molecule has 0 saturated heterocycles. The van der Waals surface area contributed by atoms with E-state index in [1.54, 1.807) is 30.6 Å². The van der Waals surface area contributed by atoms with E-state index in [1.807, 2.05) is 0 Å². The number of amides is 1. The summed E-state index contributed by atoms with van der Waals surface area (Å²) in [4.78, 5) is 15.7. The van der Waals surface area contributed by atoms with E-state index in [4.69, 9.17) is 0 Å². The minimum absolute atomic E-state index is 0.108. The van der Waals surface area contributed by atoms with Gasteiger partial charge in [-0.25, -0.2) is 5.43 Å². The standard InChI is InChI=1S/C13H10BrN3O2/c14-10-3-4-11(12(18)6-10)13(19)17-16-8-9-2-1-5-15-7-9/h1-8,18H,(H,17,19)/b16-8+. The Morgan fingerprint density at radius 3 is 2.95 bits per heavy atom. The fraction of sp³-hybridized carbons (Fsp3) is 0. The van der Waals surface area contributed by atoms with Crippen molar-refractivity contribution in [1.29, 1.82) is 0 Å². The average molecular weight is 320 g/mol. The smallest absolute Gasteiger partial charge is 0.275 e. The van der Waals surface area contributed by atoms with Crippen molar-refractivity contribution in [3.63, 3.8) is 0 Å². The van der Waals surface area contributed by atoms with E-state index in [2.05, 4.69) is 31.4 Å². The number of pyridine rings is 1. The van der Waals surface area contributed by atoms with Crippen molar-refractivity contribution >= 4 is 28.1 Å². The summed E-state index contributed by atoms with van der Waals surface area (Å²) in [6, 6.07) is 8.19. The van der Waals surface area contributed by atoms with E-state index in [9.17, 15) is 9.90 Å². The Bertz CT molecular complexity index is 615. The lowest BCUT2D eigenvalue weighted by Gasteiger charge is -2.03. The van der Waals surface area contributed by atoms with Gasteiger partial charge in [-0.05, 0) is 24.3 Å². The molecule has 2 aromatic rings. The molecule has 0 saturated carbocycles. The summed E-state index contributed by atoms with van der Waals surface area (Å²) >= 11 is 3.20. The summed E-state index contributed by atoms with van der Waals surface area (Å²) in [5.41, 5.74) is 3.26. The molecule has 0 spiro atoms. The van der Waals surface area contributed by atoms with Gasteiger partial charge in [0.1, 0.15) is 5.75 Å². The zero-order valence-electron chi connectivity index (χ0n) is 9.75. The highest BCUT2D eigenvalue weighted by Gasteiger charge is 2.09. The number of phenols is 1. The number of aromatic hydroxyl groups is 1. The predicted octanol–water partition coefficient (Wildman–Crippen LogP) is 2.31. The Morgan fingerprint density at radius 1 is 1.42 bits per heavy atom. The van der Waals surface area contributed by atoms with Gasteiger partial charge in [-0.2, -0.15) is 5.10 Å². The van der Waals surface area contributed by atoms with Gasteiger partial charge in [-0.15, -0.1) is 0 Å². The second-order valence-corrected chi connectivity index (χ2v) is 4.56. The quantitative estimate of drug-likeness (QED) is 0.673. The number of hydrogen-bond donors (Lipinski definition) is 2. The first-order valence-electron chi connectivity index (χ1n) is 5.39. The zero-order chi connectivity index (χ0) is 13.7. The number of rotatable bonds is 3. The maximum Gasteiger partial charge on any atom is 0.275 e. The predicted molar refractivity (Wildman–Crippen MR) is 75.1 cm³/mol. The highest BCUT2D eigenvalue weighted by atomic mass is 79.9. The lowest BCUT2D eigenvalue weighted by molar-refractivity contribution is 0.0952. The van der Waals surface area contributed by atoms with E-state index < -0.39 is 5.91 Å². The Kier molecular flexibility index (Phi) is 4.25. The molecule has 1 heterocycles. The van der Waals surface area contributed by atoms with E-state index in [1.165, 1.54) is 18.3 Å². The maximum absolute atomic E-state index is 11.8. The first-order chi connectivity index (χ1) is 9.16. The number of carbonyl (C=O) groups excluding carboxylic acids is 1. The minimum atomic E-state index is -0.481. The van der Waals surface area contributed by atoms with Crippen molar-refractivity contribution in [2.24, 2.45) is 5.10 Å². The highest BCUT2D eigenvalue weighted by molar-refractivity contribution is 9.10. The van der Waals surface area contributed by atoms with Gasteiger partial charge in [-0.3, -0.25) is 9.78 Å². The Hall–Kier alpha value is -2.21. The fourth-order valence-corrected chi connectivity index (χ4v) is 1.72. The summed E-state index contributed by atoms with van der Waals surface area (Å²) in [5.74, 6) is -0.589. The summed E-state index contributed by atoms with van der Waals surface area (Å²) < 4.78 is 0.695. The third-order valence-corrected chi connectivity index (χ3v) is 2.76. The molecule has 1 aromatic heterocycles. The van der Waals surface area contributed by atoms with Crippen molar-refractivity contribution in [2.75, 3.05) is 0 Å². The molecule has 0 aliphatic carbocycles. The second kappa shape index (κ2) is 6.10. The van der Waals surface area contributed by atoms with Crippen LogP contribution in [-0.4, -0.2) is 22.2 Å². The van der Waals surface area contributed by atoms with E-state index in [0.717, 1.165) is 5.56 Å². The van der Waals surface area contributed by atoms with Crippen LogP contribution in [0, 0.1) is 0 Å². The SMILES string of the molecule is O=C(N/N=C/c1cccnc1)c1ccc(Br)cc1O. The van der Waals surface area contributed by atoms with E-state index >= 15 is 0 Å². The molecule has 5 nitrogen and oxygen atoms in total. The van der Waals surface area contributed by atoms with Crippen LogP contribution in [0.15, 0.2) is 52.3 Å². The first-order valence-corrected chi connectivity index (χ1v) is 6.18. The molecule has 0 unspecified atom stereocenters. The van der Waals surface area contributed by atoms with Crippen LogP contribution in [0.3, 0.4) is 0 Å². The molecular weight excluding hydrogens is 310 g/mol. The molecular formula is C13H10BrN3O2. The lowest BCUT2D eigenvalue weighted by atomic mass is 10.2. The van der Waals surface area contributed by atoms with Crippen LogP contribution in [-0.2, 0) is 0 Å². The number of benzene rings is 1. The van der Waals surface area contributed by atoms with Crippen molar-refractivity contribution in [3.05, 3.63) is 58.3 Å². The summed E-state index contributed by atoms with van der Waals surface area (Å²) in [6.07, 6.45) is 4.74. The van der Waals surface area contributed by atoms with Crippen LogP contribution >= 0.6 is 15.9 Å². The van der Waals surface area contributed by atoms with Crippen molar-refractivity contribution in [1.82, 2.24) is 10.4 Å². The lowest BCUT2D eigenvalue weighted by Crippen LogP contribution is -2.17. The molecule has 0 aliphatic heterocycles. The summed E-state index contributed by atoms with van der Waals surface area (Å²) in [5, 5.41) is 13.4. The number of hydrazone groups is 1. The number of nitrogens with zero attached hydrogens (tertiary/aromatic N) is 2. The fourth-order valence-electron chi connectivity index (χ4n) is 1.37. The number of carbonyl (C=O) groups is 1. The number of nitrogens with one attached hydrogen (secondary N) is 1. The molecule has 19 heavy (non-hydrogen) atoms. The van der Waals surface area contributed by atoms with E-state index in [-0.39, 0.29) is 11.3 Å². The van der Waals surface area contributed by atoms with Gasteiger partial charge in [0, 0.05) is 22.4 Å². The van der Waals surface area contributed by atoms with Crippen molar-refractivity contribution < 1.29 is 9.90 Å². The maximum atomic E-state index is 11.8. The molecule has 0 radical (unpaired) electrons. The molecule has 0 bridgehead atoms. The minimum Gasteiger partial charge on any atom is -0.507 e. The van der Waals surface area contributed by atoms with E-state index in [0.29, 0.717) is 4.47 Å². The molecule has 0 aliphatic rings. The second-order valence-electron chi connectivity index (χ2n) is 3.65. The van der Waals surface area contributed by atoms with Crippen LogP contribution in [0.25, 0.3) is 0 Å². The van der Waals surface area contributed by atoms with Gasteiger partial charge in [0.15, 0.2) is 0 Å². The third kappa shape index (κ3) is 3.62. The van der Waals surface area contributed by atoms with Gasteiger partial charge in [-0.1, -0.05) is 22.0 Å². The summed E-state index contributed by atoms with van der Waals surface area (Å²) in [7, 11) is 0. The topological polar surface area (TPSA) is 74.6 Å². The Balaban J connectivity index is 2.04. The van der Waals surface area contributed by atoms with Crippen molar-refractivity contribution in [3.8, 4) is 5.75 Å². The normalized spacial score (nSPS) is 10.6. The molecule has 0 atom stereocenters. The molecule has 1 amide bonds. The third-order valence-electron chi connectivity index (χ3n) is 2.27. The number of halogens is 1. The monoisotopic (exact) mass is 319 g/mol. The molecule has 2 rings (SSSR count). The number of phenolic OH excluding ortho intramolecular Hbond substituents is 1. The highest BCUT2D eigenvalue weighted by Crippen LogP contribution is 2.21. The van der Waals surface area contributed by atoms with Gasteiger partial charge in [0.2, 0.25) is 0 Å². The van der Waals surface area contributed by atoms with Crippen LogP contribution in [0.5, 0.6) is 5.75 Å². The van der Waals surface area contributed by atoms with Crippen LogP contribution in [0.2, 0.25) is 0 Å². The number of aromatic nitrogens is 1. The van der Waals surface area contributed by atoms with Gasteiger partial charge in [0.25, 0.3) is 5.91 Å². The van der Waals surface area contributed by atoms with Gasteiger partial charge in [0.05, 0.1) is 11.8 Å². The van der Waals surface area contributed by atoms with Crippen LogP contribution in [0.4, 0.5) is 0 Å². The van der Waals surface area contributed by atoms with Crippen LogP contribution < -0.4 is 5.43 Å².